The highest BCUT2D eigenvalue weighted by Gasteiger charge is 2.25. The number of nitrogens with zero attached hydrogens (tertiary/aromatic N) is 3. The molecule has 1 aliphatic rings. The van der Waals surface area contributed by atoms with Gasteiger partial charge in [0.2, 0.25) is 0 Å². The maximum Gasteiger partial charge on any atom is 0.137 e. The van der Waals surface area contributed by atoms with Gasteiger partial charge in [-0.1, -0.05) is 0 Å². The third kappa shape index (κ3) is 2.56. The molecule has 0 bridgehead atoms. The Morgan fingerprint density at radius 3 is 2.78 bits per heavy atom. The van der Waals surface area contributed by atoms with E-state index in [0.29, 0.717) is 5.92 Å². The Morgan fingerprint density at radius 1 is 1.39 bits per heavy atom. The van der Waals surface area contributed by atoms with Crippen molar-refractivity contribution >= 4 is 11.6 Å². The molecule has 0 aromatic carbocycles. The van der Waals surface area contributed by atoms with Crippen LogP contribution in [0.4, 0.5) is 11.6 Å². The average Bonchev–Trinajstić information content (AvgIpc) is 2.82. The molecule has 0 aliphatic carbocycles. The molecule has 1 atom stereocenters. The monoisotopic (exact) mass is 250 g/mol. The minimum Gasteiger partial charge on any atom is -0.396 e. The number of hydrogen-bond donors (Lipinski definition) is 2. The standard InChI is InChI=1S/C13H22N4O/c1-4-14-12-9(2)13(16-10(3)15-12)17-6-5-11(7-17)8-18/h11,18H,4-8H2,1-3H3,(H,14,15,16). The van der Waals surface area contributed by atoms with Crippen molar-refractivity contribution in [3.63, 3.8) is 0 Å². The summed E-state index contributed by atoms with van der Waals surface area (Å²) in [4.78, 5) is 11.3. The van der Waals surface area contributed by atoms with Crippen LogP contribution in [0.25, 0.3) is 0 Å². The van der Waals surface area contributed by atoms with E-state index in [1.807, 2.05) is 6.92 Å². The number of hydrogen-bond acceptors (Lipinski definition) is 5. The van der Waals surface area contributed by atoms with Crippen molar-refractivity contribution in [3.8, 4) is 0 Å². The topological polar surface area (TPSA) is 61.3 Å². The van der Waals surface area contributed by atoms with Gasteiger partial charge in [0.05, 0.1) is 0 Å². The quantitative estimate of drug-likeness (QED) is 0.844. The van der Waals surface area contributed by atoms with Gasteiger partial charge in [0, 0.05) is 37.7 Å². The first-order valence-electron chi connectivity index (χ1n) is 6.60. The maximum absolute atomic E-state index is 9.22. The first-order valence-corrected chi connectivity index (χ1v) is 6.60. The number of aliphatic hydroxyl groups excluding tert-OH is 1. The Morgan fingerprint density at radius 2 is 2.17 bits per heavy atom. The fourth-order valence-corrected chi connectivity index (χ4v) is 2.44. The van der Waals surface area contributed by atoms with Crippen molar-refractivity contribution < 1.29 is 5.11 Å². The third-order valence-electron chi connectivity index (χ3n) is 3.42. The van der Waals surface area contributed by atoms with Gasteiger partial charge in [0.15, 0.2) is 0 Å². The van der Waals surface area contributed by atoms with Gasteiger partial charge in [0.1, 0.15) is 17.5 Å². The normalized spacial score (nSPS) is 19.3. The molecule has 0 amide bonds. The molecule has 2 N–H and O–H groups in total. The van der Waals surface area contributed by atoms with E-state index in [4.69, 9.17) is 0 Å². The molecule has 0 saturated carbocycles. The summed E-state index contributed by atoms with van der Waals surface area (Å²) in [5.74, 6) is 3.10. The largest absolute Gasteiger partial charge is 0.396 e. The van der Waals surface area contributed by atoms with Crippen LogP contribution in [0.2, 0.25) is 0 Å². The minimum atomic E-state index is 0.264. The molecule has 100 valence electrons. The van der Waals surface area contributed by atoms with Crippen LogP contribution in [0.1, 0.15) is 24.7 Å². The van der Waals surface area contributed by atoms with Crippen molar-refractivity contribution in [2.24, 2.45) is 5.92 Å². The van der Waals surface area contributed by atoms with Gasteiger partial charge < -0.3 is 15.3 Å². The Labute approximate surface area is 108 Å². The van der Waals surface area contributed by atoms with Gasteiger partial charge in [-0.15, -0.1) is 0 Å². The van der Waals surface area contributed by atoms with Gasteiger partial charge >= 0.3 is 0 Å². The molecule has 0 radical (unpaired) electrons. The summed E-state index contributed by atoms with van der Waals surface area (Å²) in [6, 6.07) is 0. The van der Waals surface area contributed by atoms with E-state index in [0.717, 1.165) is 49.1 Å². The van der Waals surface area contributed by atoms with E-state index >= 15 is 0 Å². The molecule has 1 aromatic rings. The van der Waals surface area contributed by atoms with Crippen LogP contribution < -0.4 is 10.2 Å². The lowest BCUT2D eigenvalue weighted by Gasteiger charge is -2.21. The summed E-state index contributed by atoms with van der Waals surface area (Å²) in [5, 5.41) is 12.5. The second-order valence-corrected chi connectivity index (χ2v) is 4.88. The Balaban J connectivity index is 2.27. The van der Waals surface area contributed by atoms with Crippen LogP contribution in [0.5, 0.6) is 0 Å². The summed E-state index contributed by atoms with van der Waals surface area (Å²) >= 11 is 0. The first-order chi connectivity index (χ1) is 8.65. The van der Waals surface area contributed by atoms with Crippen LogP contribution in [0, 0.1) is 19.8 Å². The number of anilines is 2. The fourth-order valence-electron chi connectivity index (χ4n) is 2.44. The Kier molecular flexibility index (Phi) is 4.01. The molecule has 1 unspecified atom stereocenters. The predicted molar refractivity (Wildman–Crippen MR) is 73.1 cm³/mol. The summed E-state index contributed by atoms with van der Waals surface area (Å²) in [6.07, 6.45) is 1.04. The van der Waals surface area contributed by atoms with Crippen LogP contribution >= 0.6 is 0 Å². The maximum atomic E-state index is 9.22. The lowest BCUT2D eigenvalue weighted by Crippen LogP contribution is -2.24. The molecule has 0 spiro atoms. The fraction of sp³-hybridized carbons (Fsp3) is 0.692. The van der Waals surface area contributed by atoms with Gasteiger partial charge in [-0.3, -0.25) is 0 Å². The second kappa shape index (κ2) is 5.52. The molecule has 5 heteroatoms. The molecule has 2 heterocycles. The predicted octanol–water partition coefficient (Wildman–Crippen LogP) is 1.34. The number of rotatable bonds is 4. The summed E-state index contributed by atoms with van der Waals surface area (Å²) in [6.45, 7) is 9.01. The van der Waals surface area contributed by atoms with Crippen LogP contribution in [0.3, 0.4) is 0 Å². The average molecular weight is 250 g/mol. The smallest absolute Gasteiger partial charge is 0.137 e. The molecule has 2 rings (SSSR count). The van der Waals surface area contributed by atoms with Crippen molar-refractivity contribution in [1.82, 2.24) is 9.97 Å². The SMILES string of the molecule is CCNc1nc(C)nc(N2CCC(CO)C2)c1C. The lowest BCUT2D eigenvalue weighted by atomic mass is 10.1. The van der Waals surface area contributed by atoms with Crippen LogP contribution in [-0.2, 0) is 0 Å². The minimum absolute atomic E-state index is 0.264. The van der Waals surface area contributed by atoms with Crippen molar-refractivity contribution in [1.29, 1.82) is 0 Å². The summed E-state index contributed by atoms with van der Waals surface area (Å²) in [7, 11) is 0. The van der Waals surface area contributed by atoms with Crippen LogP contribution in [-0.4, -0.2) is 41.3 Å². The van der Waals surface area contributed by atoms with Crippen LogP contribution in [0.15, 0.2) is 0 Å². The zero-order chi connectivity index (χ0) is 13.1. The van der Waals surface area contributed by atoms with Gasteiger partial charge in [-0.25, -0.2) is 9.97 Å². The molecule has 1 saturated heterocycles. The second-order valence-electron chi connectivity index (χ2n) is 4.88. The van der Waals surface area contributed by atoms with E-state index < -0.39 is 0 Å². The summed E-state index contributed by atoms with van der Waals surface area (Å²) in [5.41, 5.74) is 1.10. The first kappa shape index (κ1) is 13.1. The highest BCUT2D eigenvalue weighted by molar-refractivity contribution is 5.59. The Bertz CT molecular complexity index is 422. The number of aryl methyl sites for hydroxylation is 1. The zero-order valence-electron chi connectivity index (χ0n) is 11.4. The Hall–Kier alpha value is -1.36. The highest BCUT2D eigenvalue weighted by atomic mass is 16.3. The van der Waals surface area contributed by atoms with Crippen molar-refractivity contribution in [2.45, 2.75) is 27.2 Å². The highest BCUT2D eigenvalue weighted by Crippen LogP contribution is 2.28. The molecule has 1 aliphatic heterocycles. The van der Waals surface area contributed by atoms with E-state index in [1.54, 1.807) is 0 Å². The summed E-state index contributed by atoms with van der Waals surface area (Å²) < 4.78 is 0. The van der Waals surface area contributed by atoms with Gasteiger partial charge in [0.25, 0.3) is 0 Å². The van der Waals surface area contributed by atoms with E-state index in [1.165, 1.54) is 0 Å². The third-order valence-corrected chi connectivity index (χ3v) is 3.42. The molecule has 1 aromatic heterocycles. The zero-order valence-corrected chi connectivity index (χ0v) is 11.4. The van der Waals surface area contributed by atoms with Crippen molar-refractivity contribution in [3.05, 3.63) is 11.4 Å². The van der Waals surface area contributed by atoms with Gasteiger partial charge in [-0.05, 0) is 27.2 Å². The molecule has 18 heavy (non-hydrogen) atoms. The van der Waals surface area contributed by atoms with E-state index in [2.05, 4.69) is 34.0 Å². The van der Waals surface area contributed by atoms with Crippen molar-refractivity contribution in [2.75, 3.05) is 36.5 Å². The molecule has 5 nitrogen and oxygen atoms in total. The molecular formula is C13H22N4O. The number of nitrogens with one attached hydrogen (secondary N) is 1. The van der Waals surface area contributed by atoms with Gasteiger partial charge in [-0.2, -0.15) is 0 Å². The van der Waals surface area contributed by atoms with E-state index in [9.17, 15) is 5.11 Å². The number of aliphatic hydroxyl groups is 1. The molecular weight excluding hydrogens is 228 g/mol. The number of aromatic nitrogens is 2. The lowest BCUT2D eigenvalue weighted by molar-refractivity contribution is 0.238. The van der Waals surface area contributed by atoms with E-state index in [-0.39, 0.29) is 6.61 Å². The molecule has 1 fully saturated rings.